The first-order chi connectivity index (χ1) is 12.9. The zero-order valence-electron chi connectivity index (χ0n) is 15.9. The van der Waals surface area contributed by atoms with Crippen LogP contribution in [0.3, 0.4) is 0 Å². The van der Waals surface area contributed by atoms with Crippen LogP contribution >= 0.6 is 0 Å². The van der Waals surface area contributed by atoms with Crippen molar-refractivity contribution in [1.29, 1.82) is 0 Å². The van der Waals surface area contributed by atoms with Crippen molar-refractivity contribution in [1.82, 2.24) is 14.1 Å². The molecule has 27 heavy (non-hydrogen) atoms. The van der Waals surface area contributed by atoms with E-state index < -0.39 is 10.0 Å². The van der Waals surface area contributed by atoms with Crippen LogP contribution in [0.5, 0.6) is 5.75 Å². The minimum atomic E-state index is -3.70. The van der Waals surface area contributed by atoms with E-state index in [0.717, 1.165) is 22.6 Å². The van der Waals surface area contributed by atoms with Crippen molar-refractivity contribution >= 4 is 10.0 Å². The number of aromatic nitrogens is 2. The van der Waals surface area contributed by atoms with Crippen LogP contribution in [0.1, 0.15) is 17.0 Å². The molecule has 0 bridgehead atoms. The lowest BCUT2D eigenvalue weighted by molar-refractivity contribution is 0.397. The van der Waals surface area contributed by atoms with Crippen molar-refractivity contribution in [2.75, 3.05) is 14.2 Å². The van der Waals surface area contributed by atoms with E-state index in [-0.39, 0.29) is 11.4 Å². The van der Waals surface area contributed by atoms with Crippen LogP contribution in [-0.2, 0) is 16.6 Å². The summed E-state index contributed by atoms with van der Waals surface area (Å²) in [6, 6.07) is 16.4. The predicted molar refractivity (Wildman–Crippen MR) is 105 cm³/mol. The molecule has 0 aliphatic carbocycles. The molecule has 0 N–H and O–H groups in total. The maximum atomic E-state index is 13.0. The number of sulfonamides is 1. The van der Waals surface area contributed by atoms with Crippen LogP contribution < -0.4 is 4.74 Å². The minimum Gasteiger partial charge on any atom is -0.495 e. The smallest absolute Gasteiger partial charge is 0.246 e. The summed E-state index contributed by atoms with van der Waals surface area (Å²) in [6.07, 6.45) is 0. The van der Waals surface area contributed by atoms with E-state index in [1.54, 1.807) is 31.3 Å². The van der Waals surface area contributed by atoms with Gasteiger partial charge in [-0.15, -0.1) is 0 Å². The van der Waals surface area contributed by atoms with E-state index in [4.69, 9.17) is 4.74 Å². The average molecular weight is 385 g/mol. The highest BCUT2D eigenvalue weighted by molar-refractivity contribution is 7.89. The van der Waals surface area contributed by atoms with Crippen molar-refractivity contribution in [3.05, 3.63) is 71.5 Å². The molecule has 1 heterocycles. The molecule has 3 rings (SSSR count). The summed E-state index contributed by atoms with van der Waals surface area (Å²) < 4.78 is 34.5. The molecule has 6 nitrogen and oxygen atoms in total. The number of aryl methyl sites for hydroxylation is 1. The first kappa shape index (κ1) is 19.1. The summed E-state index contributed by atoms with van der Waals surface area (Å²) in [7, 11) is -0.663. The third kappa shape index (κ3) is 3.61. The Morgan fingerprint density at radius 2 is 1.67 bits per heavy atom. The van der Waals surface area contributed by atoms with Crippen LogP contribution in [0.25, 0.3) is 5.69 Å². The molecule has 0 unspecified atom stereocenters. The molecule has 7 heteroatoms. The molecule has 0 aliphatic rings. The number of rotatable bonds is 6. The van der Waals surface area contributed by atoms with Crippen LogP contribution in [0.2, 0.25) is 0 Å². The number of hydrogen-bond donors (Lipinski definition) is 0. The standard InChI is InChI=1S/C20H23N3O3S/c1-15-18(16(2)23(21-15)17-10-6-5-7-11-17)14-22(3)27(24,25)20-13-9-8-12-19(20)26-4/h5-13H,14H2,1-4H3. The molecule has 0 saturated carbocycles. The Morgan fingerprint density at radius 1 is 1.04 bits per heavy atom. The number of benzene rings is 2. The molecule has 0 fully saturated rings. The van der Waals surface area contributed by atoms with Crippen LogP contribution in [0.4, 0.5) is 0 Å². The zero-order chi connectivity index (χ0) is 19.6. The Kier molecular flexibility index (Phi) is 5.34. The van der Waals surface area contributed by atoms with Gasteiger partial charge in [0.1, 0.15) is 10.6 Å². The summed E-state index contributed by atoms with van der Waals surface area (Å²) in [4.78, 5) is 0.153. The Hall–Kier alpha value is -2.64. The van der Waals surface area contributed by atoms with E-state index in [9.17, 15) is 8.42 Å². The third-order valence-electron chi connectivity index (χ3n) is 4.58. The molecule has 0 radical (unpaired) electrons. The molecule has 0 spiro atoms. The number of hydrogen-bond acceptors (Lipinski definition) is 4. The van der Waals surface area contributed by atoms with Gasteiger partial charge in [-0.25, -0.2) is 13.1 Å². The highest BCUT2D eigenvalue weighted by Crippen LogP contribution is 2.27. The highest BCUT2D eigenvalue weighted by atomic mass is 32.2. The van der Waals surface area contributed by atoms with Gasteiger partial charge in [0.25, 0.3) is 0 Å². The van der Waals surface area contributed by atoms with E-state index >= 15 is 0 Å². The fourth-order valence-electron chi connectivity index (χ4n) is 3.03. The fourth-order valence-corrected chi connectivity index (χ4v) is 4.32. The average Bonchev–Trinajstić information content (AvgIpc) is 2.96. The van der Waals surface area contributed by atoms with Gasteiger partial charge >= 0.3 is 0 Å². The quantitative estimate of drug-likeness (QED) is 0.653. The topological polar surface area (TPSA) is 64.4 Å². The molecule has 2 aromatic carbocycles. The second-order valence-corrected chi connectivity index (χ2v) is 8.32. The molecule has 3 aromatic rings. The molecule has 0 saturated heterocycles. The van der Waals surface area contributed by atoms with E-state index in [1.165, 1.54) is 11.4 Å². The lowest BCUT2D eigenvalue weighted by Gasteiger charge is -2.19. The van der Waals surface area contributed by atoms with Crippen LogP contribution in [-0.4, -0.2) is 36.7 Å². The Labute approximate surface area is 160 Å². The maximum absolute atomic E-state index is 13.0. The third-order valence-corrected chi connectivity index (χ3v) is 6.42. The number of methoxy groups -OCH3 is 1. The van der Waals surface area contributed by atoms with Gasteiger partial charge in [-0.05, 0) is 38.1 Å². The molecular weight excluding hydrogens is 362 g/mol. The summed E-state index contributed by atoms with van der Waals surface area (Å²) in [5.41, 5.74) is 3.55. The lowest BCUT2D eigenvalue weighted by Crippen LogP contribution is -2.27. The summed E-state index contributed by atoms with van der Waals surface area (Å²) >= 11 is 0. The maximum Gasteiger partial charge on any atom is 0.246 e. The second-order valence-electron chi connectivity index (χ2n) is 6.31. The summed E-state index contributed by atoms with van der Waals surface area (Å²) in [5, 5.41) is 4.59. The molecule has 0 aliphatic heterocycles. The lowest BCUT2D eigenvalue weighted by atomic mass is 10.2. The van der Waals surface area contributed by atoms with Gasteiger partial charge in [0.15, 0.2) is 0 Å². The Morgan fingerprint density at radius 3 is 2.33 bits per heavy atom. The molecule has 142 valence electrons. The largest absolute Gasteiger partial charge is 0.495 e. The van der Waals surface area contributed by atoms with Crippen molar-refractivity contribution < 1.29 is 13.2 Å². The molecule has 0 atom stereocenters. The van der Waals surface area contributed by atoms with Crippen molar-refractivity contribution in [3.8, 4) is 11.4 Å². The van der Waals surface area contributed by atoms with E-state index in [2.05, 4.69) is 5.10 Å². The van der Waals surface area contributed by atoms with Gasteiger partial charge < -0.3 is 4.74 Å². The van der Waals surface area contributed by atoms with Gasteiger partial charge in [-0.1, -0.05) is 30.3 Å². The van der Waals surface area contributed by atoms with Crippen molar-refractivity contribution in [2.45, 2.75) is 25.3 Å². The van der Waals surface area contributed by atoms with Gasteiger partial charge in [0.2, 0.25) is 10.0 Å². The Balaban J connectivity index is 1.95. The molecule has 1 aromatic heterocycles. The minimum absolute atomic E-state index is 0.153. The van der Waals surface area contributed by atoms with Crippen molar-refractivity contribution in [2.24, 2.45) is 0 Å². The summed E-state index contributed by atoms with van der Waals surface area (Å²) in [5.74, 6) is 0.331. The zero-order valence-corrected chi connectivity index (χ0v) is 16.7. The van der Waals surface area contributed by atoms with E-state index in [1.807, 2.05) is 48.9 Å². The van der Waals surface area contributed by atoms with Crippen LogP contribution in [0.15, 0.2) is 59.5 Å². The predicted octanol–water partition coefficient (Wildman–Crippen LogP) is 3.32. The first-order valence-electron chi connectivity index (χ1n) is 8.56. The molecule has 0 amide bonds. The van der Waals surface area contributed by atoms with Gasteiger partial charge in [-0.2, -0.15) is 9.40 Å². The Bertz CT molecular complexity index is 1040. The van der Waals surface area contributed by atoms with Crippen LogP contribution in [0, 0.1) is 13.8 Å². The number of ether oxygens (including phenoxy) is 1. The number of nitrogens with zero attached hydrogens (tertiary/aromatic N) is 3. The molecular formula is C20H23N3O3S. The number of para-hydroxylation sites is 2. The first-order valence-corrected chi connectivity index (χ1v) is 10.00. The highest BCUT2D eigenvalue weighted by Gasteiger charge is 2.26. The monoisotopic (exact) mass is 385 g/mol. The van der Waals surface area contributed by atoms with Gasteiger partial charge in [0.05, 0.1) is 18.5 Å². The summed E-state index contributed by atoms with van der Waals surface area (Å²) in [6.45, 7) is 4.07. The normalized spacial score (nSPS) is 11.7. The SMILES string of the molecule is COc1ccccc1S(=O)(=O)N(C)Cc1c(C)nn(-c2ccccc2)c1C. The fraction of sp³-hybridized carbons (Fsp3) is 0.250. The van der Waals surface area contributed by atoms with Gasteiger partial charge in [0, 0.05) is 24.8 Å². The second kappa shape index (κ2) is 7.54. The van der Waals surface area contributed by atoms with Gasteiger partial charge in [-0.3, -0.25) is 0 Å². The van der Waals surface area contributed by atoms with Crippen molar-refractivity contribution in [3.63, 3.8) is 0 Å². The van der Waals surface area contributed by atoms with E-state index in [0.29, 0.717) is 5.75 Å².